The molecule has 0 bridgehead atoms. The van der Waals surface area contributed by atoms with E-state index in [1.807, 2.05) is 20.1 Å². The van der Waals surface area contributed by atoms with E-state index in [0.717, 1.165) is 18.2 Å². The Morgan fingerprint density at radius 2 is 2.05 bits per heavy atom. The van der Waals surface area contributed by atoms with Crippen LogP contribution in [0.1, 0.15) is 26.0 Å². The van der Waals surface area contributed by atoms with E-state index in [9.17, 15) is 13.2 Å². The fourth-order valence-electron chi connectivity index (χ4n) is 1.66. The Balaban J connectivity index is 3.11. The zero-order chi connectivity index (χ0) is 16.0. The molecule has 1 heterocycles. The minimum absolute atomic E-state index is 0.0184. The van der Waals surface area contributed by atoms with Gasteiger partial charge in [0.15, 0.2) is 5.69 Å². The van der Waals surface area contributed by atoms with Crippen molar-refractivity contribution in [3.05, 3.63) is 11.8 Å². The summed E-state index contributed by atoms with van der Waals surface area (Å²) in [7, 11) is 1.74. The van der Waals surface area contributed by atoms with E-state index >= 15 is 0 Å². The van der Waals surface area contributed by atoms with Gasteiger partial charge in [0.1, 0.15) is 5.82 Å². The number of anilines is 2. The molecule has 120 valence electrons. The van der Waals surface area contributed by atoms with E-state index in [1.165, 1.54) is 0 Å². The van der Waals surface area contributed by atoms with Crippen LogP contribution in [0.15, 0.2) is 6.07 Å². The maximum Gasteiger partial charge on any atom is 0.433 e. The van der Waals surface area contributed by atoms with Crippen LogP contribution < -0.4 is 10.2 Å². The van der Waals surface area contributed by atoms with Crippen molar-refractivity contribution in [1.82, 2.24) is 9.97 Å². The first kappa shape index (κ1) is 17.9. The smallest absolute Gasteiger partial charge is 0.356 e. The summed E-state index contributed by atoms with van der Waals surface area (Å²) >= 11 is 1.64. The van der Waals surface area contributed by atoms with Gasteiger partial charge < -0.3 is 10.2 Å². The van der Waals surface area contributed by atoms with Crippen molar-refractivity contribution in [2.24, 2.45) is 0 Å². The summed E-state index contributed by atoms with van der Waals surface area (Å²) in [5.74, 6) is 1.10. The lowest BCUT2D eigenvalue weighted by Crippen LogP contribution is -2.32. The zero-order valence-corrected chi connectivity index (χ0v) is 13.5. The number of aromatic nitrogens is 2. The van der Waals surface area contributed by atoms with Crippen LogP contribution in [0.3, 0.4) is 0 Å². The Labute approximate surface area is 127 Å². The third-order valence-electron chi connectivity index (χ3n) is 2.97. The van der Waals surface area contributed by atoms with Crippen molar-refractivity contribution in [3.63, 3.8) is 0 Å². The lowest BCUT2D eigenvalue weighted by atomic mass is 10.3. The lowest BCUT2D eigenvalue weighted by molar-refractivity contribution is -0.141. The van der Waals surface area contributed by atoms with E-state index in [0.29, 0.717) is 6.54 Å². The number of hydrogen-bond acceptors (Lipinski definition) is 5. The molecule has 0 saturated carbocycles. The van der Waals surface area contributed by atoms with Gasteiger partial charge in [-0.25, -0.2) is 4.98 Å². The highest BCUT2D eigenvalue weighted by molar-refractivity contribution is 7.98. The monoisotopic (exact) mass is 322 g/mol. The highest BCUT2D eigenvalue weighted by Gasteiger charge is 2.34. The first-order chi connectivity index (χ1) is 9.79. The van der Waals surface area contributed by atoms with Crippen LogP contribution in [-0.4, -0.2) is 41.6 Å². The lowest BCUT2D eigenvalue weighted by Gasteiger charge is -2.26. The van der Waals surface area contributed by atoms with Crippen molar-refractivity contribution in [2.45, 2.75) is 32.5 Å². The molecule has 0 amide bonds. The summed E-state index contributed by atoms with van der Waals surface area (Å²) < 4.78 is 38.8. The normalized spacial score (nSPS) is 13.1. The van der Waals surface area contributed by atoms with Gasteiger partial charge >= 0.3 is 6.18 Å². The molecule has 0 radical (unpaired) electrons. The van der Waals surface area contributed by atoms with E-state index in [1.54, 1.807) is 23.7 Å². The average Bonchev–Trinajstić information content (AvgIpc) is 2.43. The number of hydrogen-bond donors (Lipinski definition) is 1. The van der Waals surface area contributed by atoms with Crippen LogP contribution in [0.25, 0.3) is 0 Å². The highest BCUT2D eigenvalue weighted by Crippen LogP contribution is 2.30. The van der Waals surface area contributed by atoms with Crippen molar-refractivity contribution in [1.29, 1.82) is 0 Å². The van der Waals surface area contributed by atoms with Crippen molar-refractivity contribution >= 4 is 23.5 Å². The van der Waals surface area contributed by atoms with Crippen LogP contribution >= 0.6 is 11.8 Å². The molecule has 1 aromatic heterocycles. The molecule has 8 heteroatoms. The van der Waals surface area contributed by atoms with Gasteiger partial charge in [0.2, 0.25) is 5.95 Å². The van der Waals surface area contributed by atoms with E-state index in [2.05, 4.69) is 15.3 Å². The molecule has 1 N–H and O–H groups in total. The standard InChI is InChI=1S/C13H21F3N4S/c1-5-6-17-12-18-10(13(14,15)16)7-11(19-12)20(3)9(2)8-21-4/h7,9H,5-6,8H2,1-4H3,(H,17,18,19). The number of nitrogens with zero attached hydrogens (tertiary/aromatic N) is 3. The van der Waals surface area contributed by atoms with E-state index in [-0.39, 0.29) is 17.8 Å². The van der Waals surface area contributed by atoms with Gasteiger partial charge in [0.05, 0.1) is 0 Å². The van der Waals surface area contributed by atoms with Crippen LogP contribution in [0.2, 0.25) is 0 Å². The number of halogens is 3. The molecule has 0 aliphatic rings. The van der Waals surface area contributed by atoms with Crippen LogP contribution in [0.5, 0.6) is 0 Å². The summed E-state index contributed by atoms with van der Waals surface area (Å²) in [6.45, 7) is 4.41. The first-order valence-corrected chi connectivity index (χ1v) is 8.10. The van der Waals surface area contributed by atoms with Gasteiger partial charge in [0.25, 0.3) is 0 Å². The van der Waals surface area contributed by atoms with Crippen molar-refractivity contribution in [2.75, 3.05) is 35.8 Å². The third kappa shape index (κ3) is 5.26. The average molecular weight is 322 g/mol. The number of nitrogens with one attached hydrogen (secondary N) is 1. The molecular weight excluding hydrogens is 301 g/mol. The Kier molecular flexibility index (Phi) is 6.57. The van der Waals surface area contributed by atoms with E-state index in [4.69, 9.17) is 0 Å². The SMILES string of the molecule is CCCNc1nc(N(C)C(C)CSC)cc(C(F)(F)F)n1. The zero-order valence-electron chi connectivity index (χ0n) is 12.7. The van der Waals surface area contributed by atoms with Gasteiger partial charge in [-0.3, -0.25) is 0 Å². The highest BCUT2D eigenvalue weighted by atomic mass is 32.2. The molecule has 21 heavy (non-hydrogen) atoms. The molecule has 4 nitrogen and oxygen atoms in total. The van der Waals surface area contributed by atoms with Gasteiger partial charge in [-0.05, 0) is 19.6 Å². The van der Waals surface area contributed by atoms with E-state index < -0.39 is 11.9 Å². The van der Waals surface area contributed by atoms with Gasteiger partial charge in [-0.15, -0.1) is 0 Å². The number of thioether (sulfide) groups is 1. The molecule has 1 aromatic rings. The maximum absolute atomic E-state index is 12.9. The maximum atomic E-state index is 12.9. The van der Waals surface area contributed by atoms with Crippen molar-refractivity contribution < 1.29 is 13.2 Å². The molecule has 0 saturated heterocycles. The summed E-state index contributed by atoms with van der Waals surface area (Å²) in [4.78, 5) is 9.47. The second-order valence-electron chi connectivity index (χ2n) is 4.77. The van der Waals surface area contributed by atoms with Gasteiger partial charge in [-0.1, -0.05) is 6.92 Å². The second-order valence-corrected chi connectivity index (χ2v) is 5.69. The second kappa shape index (κ2) is 7.72. The quantitative estimate of drug-likeness (QED) is 0.832. The summed E-state index contributed by atoms with van der Waals surface area (Å²) in [5, 5.41) is 2.82. The third-order valence-corrected chi connectivity index (χ3v) is 3.78. The minimum atomic E-state index is -4.48. The minimum Gasteiger partial charge on any atom is -0.356 e. The summed E-state index contributed by atoms with van der Waals surface area (Å²) in [5.41, 5.74) is -0.922. The Morgan fingerprint density at radius 1 is 1.38 bits per heavy atom. The predicted octanol–water partition coefficient (Wildman–Crippen LogP) is 3.51. The molecule has 1 unspecified atom stereocenters. The molecule has 0 spiro atoms. The molecular formula is C13H21F3N4S. The Morgan fingerprint density at radius 3 is 2.57 bits per heavy atom. The summed E-state index contributed by atoms with van der Waals surface area (Å²) in [6, 6.07) is 1.07. The largest absolute Gasteiger partial charge is 0.433 e. The summed E-state index contributed by atoms with van der Waals surface area (Å²) in [6.07, 6.45) is -1.74. The van der Waals surface area contributed by atoms with Gasteiger partial charge in [-0.2, -0.15) is 29.9 Å². The topological polar surface area (TPSA) is 41.1 Å². The van der Waals surface area contributed by atoms with Gasteiger partial charge in [0, 0.05) is 31.5 Å². The van der Waals surface area contributed by atoms with Crippen LogP contribution in [-0.2, 0) is 6.18 Å². The van der Waals surface area contributed by atoms with Crippen molar-refractivity contribution in [3.8, 4) is 0 Å². The fraction of sp³-hybridized carbons (Fsp3) is 0.692. The molecule has 0 aliphatic carbocycles. The molecule has 1 atom stereocenters. The first-order valence-electron chi connectivity index (χ1n) is 6.71. The van der Waals surface area contributed by atoms with Crippen LogP contribution in [0, 0.1) is 0 Å². The molecule has 0 aliphatic heterocycles. The molecule has 0 aromatic carbocycles. The Bertz CT molecular complexity index is 454. The number of rotatable bonds is 7. The predicted molar refractivity (Wildman–Crippen MR) is 82.1 cm³/mol. The molecule has 1 rings (SSSR count). The Hall–Kier alpha value is -1.18. The fourth-order valence-corrected chi connectivity index (χ4v) is 2.36. The van der Waals surface area contributed by atoms with Crippen LogP contribution in [0.4, 0.5) is 24.9 Å². The number of alkyl halides is 3. The molecule has 0 fully saturated rings.